The number of hydrogen-bond donors (Lipinski definition) is 1. The number of carbonyl (C=O) groups excluding carboxylic acids is 1. The van der Waals surface area contributed by atoms with Gasteiger partial charge >= 0.3 is 6.55 Å². The van der Waals surface area contributed by atoms with Crippen molar-refractivity contribution < 1.29 is 13.6 Å². The third-order valence-electron chi connectivity index (χ3n) is 2.45. The molecule has 0 atom stereocenters. The fourth-order valence-corrected chi connectivity index (χ4v) is 2.91. The molecule has 104 valence electrons. The summed E-state index contributed by atoms with van der Waals surface area (Å²) in [6.45, 7) is -2.73. The van der Waals surface area contributed by atoms with E-state index in [0.29, 0.717) is 14.5 Å². The van der Waals surface area contributed by atoms with Gasteiger partial charge in [-0.15, -0.1) is 0 Å². The molecular formula is C10H6BrF2N5OS. The SMILES string of the molecule is O=C(Nc1cnn(C(F)F)c1)c1cn2c(Br)cnc2s1. The van der Waals surface area contributed by atoms with Gasteiger partial charge in [0.05, 0.1) is 24.3 Å². The van der Waals surface area contributed by atoms with E-state index in [2.05, 4.69) is 31.3 Å². The Morgan fingerprint density at radius 1 is 1.40 bits per heavy atom. The van der Waals surface area contributed by atoms with Crippen molar-refractivity contribution in [3.05, 3.63) is 34.3 Å². The summed E-state index contributed by atoms with van der Waals surface area (Å²) in [4.78, 5) is 17.2. The van der Waals surface area contributed by atoms with Crippen molar-refractivity contribution in [2.45, 2.75) is 6.55 Å². The maximum absolute atomic E-state index is 12.4. The lowest BCUT2D eigenvalue weighted by atomic mass is 10.4. The van der Waals surface area contributed by atoms with E-state index in [1.807, 2.05) is 0 Å². The average molecular weight is 362 g/mol. The van der Waals surface area contributed by atoms with Crippen LogP contribution in [0.25, 0.3) is 4.96 Å². The highest BCUT2D eigenvalue weighted by molar-refractivity contribution is 9.10. The number of thiazole rings is 1. The molecule has 3 aromatic heterocycles. The van der Waals surface area contributed by atoms with E-state index in [9.17, 15) is 13.6 Å². The van der Waals surface area contributed by atoms with Gasteiger partial charge in [0.15, 0.2) is 4.96 Å². The monoisotopic (exact) mass is 361 g/mol. The van der Waals surface area contributed by atoms with Crippen LogP contribution in [-0.4, -0.2) is 25.1 Å². The first-order valence-electron chi connectivity index (χ1n) is 5.30. The number of imidazole rings is 1. The zero-order chi connectivity index (χ0) is 14.3. The Kier molecular flexibility index (Phi) is 3.26. The minimum absolute atomic E-state index is 0.209. The molecule has 0 aromatic carbocycles. The molecule has 3 rings (SSSR count). The van der Waals surface area contributed by atoms with Crippen LogP contribution >= 0.6 is 27.3 Å². The summed E-state index contributed by atoms with van der Waals surface area (Å²) in [6.07, 6.45) is 5.47. The quantitative estimate of drug-likeness (QED) is 0.779. The van der Waals surface area contributed by atoms with Crippen LogP contribution in [0.3, 0.4) is 0 Å². The standard InChI is InChI=1S/C10H6BrF2N5OS/c11-7-2-14-10-17(7)4-6(20-10)8(19)16-5-1-15-18(3-5)9(12)13/h1-4,9H,(H,16,19). The number of amides is 1. The maximum Gasteiger partial charge on any atom is 0.333 e. The van der Waals surface area contributed by atoms with Crippen LogP contribution in [0, 0.1) is 0 Å². The summed E-state index contributed by atoms with van der Waals surface area (Å²) in [5.74, 6) is -0.402. The number of anilines is 1. The van der Waals surface area contributed by atoms with Crippen LogP contribution in [0.5, 0.6) is 0 Å². The van der Waals surface area contributed by atoms with Gasteiger partial charge in [0.2, 0.25) is 0 Å². The Bertz CT molecular complexity index is 780. The van der Waals surface area contributed by atoms with Gasteiger partial charge in [-0.25, -0.2) is 9.67 Å². The lowest BCUT2D eigenvalue weighted by Gasteiger charge is -1.99. The predicted octanol–water partition coefficient (Wildman–Crippen LogP) is 3.00. The fourth-order valence-electron chi connectivity index (χ4n) is 1.57. The van der Waals surface area contributed by atoms with Gasteiger partial charge in [-0.1, -0.05) is 11.3 Å². The fraction of sp³-hybridized carbons (Fsp3) is 0.100. The van der Waals surface area contributed by atoms with E-state index in [-0.39, 0.29) is 5.69 Å². The maximum atomic E-state index is 12.4. The van der Waals surface area contributed by atoms with Crippen molar-refractivity contribution in [1.82, 2.24) is 19.2 Å². The molecule has 0 saturated heterocycles. The average Bonchev–Trinajstić information content (AvgIpc) is 3.07. The number of aromatic nitrogens is 4. The summed E-state index contributed by atoms with van der Waals surface area (Å²) in [7, 11) is 0. The molecule has 3 aromatic rings. The molecule has 0 aliphatic carbocycles. The molecule has 6 nitrogen and oxygen atoms in total. The smallest absolute Gasteiger partial charge is 0.319 e. The molecule has 3 heterocycles. The van der Waals surface area contributed by atoms with Crippen LogP contribution in [0.15, 0.2) is 29.4 Å². The summed E-state index contributed by atoms with van der Waals surface area (Å²) in [5, 5.41) is 5.94. The Morgan fingerprint density at radius 2 is 2.20 bits per heavy atom. The summed E-state index contributed by atoms with van der Waals surface area (Å²) >= 11 is 4.49. The summed E-state index contributed by atoms with van der Waals surface area (Å²) < 4.78 is 27.6. The third kappa shape index (κ3) is 2.31. The van der Waals surface area contributed by atoms with Crippen LogP contribution < -0.4 is 5.32 Å². The highest BCUT2D eigenvalue weighted by Crippen LogP contribution is 2.23. The Hall–Kier alpha value is -1.81. The van der Waals surface area contributed by atoms with Crippen LogP contribution in [0.1, 0.15) is 16.2 Å². The largest absolute Gasteiger partial charge is 0.333 e. The van der Waals surface area contributed by atoms with E-state index in [0.717, 1.165) is 10.8 Å². The minimum atomic E-state index is -2.73. The van der Waals surface area contributed by atoms with Crippen molar-refractivity contribution >= 4 is 43.8 Å². The Balaban J connectivity index is 1.81. The van der Waals surface area contributed by atoms with Crippen molar-refractivity contribution in [2.75, 3.05) is 5.32 Å². The van der Waals surface area contributed by atoms with Gasteiger partial charge in [-0.3, -0.25) is 9.20 Å². The normalized spacial score (nSPS) is 11.4. The Labute approximate surface area is 123 Å². The van der Waals surface area contributed by atoms with E-state index < -0.39 is 12.5 Å². The van der Waals surface area contributed by atoms with Crippen LogP contribution in [-0.2, 0) is 0 Å². The third-order valence-corrected chi connectivity index (χ3v) is 4.03. The van der Waals surface area contributed by atoms with E-state index >= 15 is 0 Å². The van der Waals surface area contributed by atoms with Crippen LogP contribution in [0.4, 0.5) is 14.5 Å². The topological polar surface area (TPSA) is 64.2 Å². The number of alkyl halides is 2. The first kappa shape index (κ1) is 13.2. The molecule has 0 spiro atoms. The molecule has 0 aliphatic heterocycles. The number of fused-ring (bicyclic) bond motifs is 1. The highest BCUT2D eigenvalue weighted by atomic mass is 79.9. The van der Waals surface area contributed by atoms with Crippen molar-refractivity contribution in [1.29, 1.82) is 0 Å². The van der Waals surface area contributed by atoms with Crippen molar-refractivity contribution in [2.24, 2.45) is 0 Å². The molecule has 20 heavy (non-hydrogen) atoms. The number of nitrogens with one attached hydrogen (secondary N) is 1. The number of hydrogen-bond acceptors (Lipinski definition) is 4. The van der Waals surface area contributed by atoms with Gasteiger partial charge < -0.3 is 5.32 Å². The van der Waals surface area contributed by atoms with E-state index in [1.165, 1.54) is 17.5 Å². The first-order valence-corrected chi connectivity index (χ1v) is 6.91. The van der Waals surface area contributed by atoms with Crippen LogP contribution in [0.2, 0.25) is 0 Å². The number of rotatable bonds is 3. The van der Waals surface area contributed by atoms with E-state index in [1.54, 1.807) is 16.8 Å². The molecule has 0 saturated carbocycles. The lowest BCUT2D eigenvalue weighted by molar-refractivity contribution is 0.0566. The summed E-state index contributed by atoms with van der Waals surface area (Å²) in [6, 6.07) is 0. The van der Waals surface area contributed by atoms with E-state index in [4.69, 9.17) is 0 Å². The zero-order valence-electron chi connectivity index (χ0n) is 9.63. The first-order chi connectivity index (χ1) is 9.54. The molecule has 0 radical (unpaired) electrons. The van der Waals surface area contributed by atoms with Gasteiger partial charge in [-0.05, 0) is 15.9 Å². The van der Waals surface area contributed by atoms with Gasteiger partial charge in [0.1, 0.15) is 9.48 Å². The molecule has 1 N–H and O–H groups in total. The van der Waals surface area contributed by atoms with Gasteiger partial charge in [0.25, 0.3) is 5.91 Å². The highest BCUT2D eigenvalue weighted by Gasteiger charge is 2.15. The Morgan fingerprint density at radius 3 is 2.85 bits per heavy atom. The minimum Gasteiger partial charge on any atom is -0.319 e. The second-order valence-corrected chi connectivity index (χ2v) is 5.59. The molecular weight excluding hydrogens is 356 g/mol. The second kappa shape index (κ2) is 4.94. The number of nitrogens with zero attached hydrogens (tertiary/aromatic N) is 4. The van der Waals surface area contributed by atoms with Crippen molar-refractivity contribution in [3.63, 3.8) is 0 Å². The molecule has 0 aliphatic rings. The lowest BCUT2D eigenvalue weighted by Crippen LogP contribution is -2.09. The molecule has 0 bridgehead atoms. The van der Waals surface area contributed by atoms with Gasteiger partial charge in [-0.2, -0.15) is 13.9 Å². The predicted molar refractivity (Wildman–Crippen MR) is 72.2 cm³/mol. The molecule has 10 heteroatoms. The second-order valence-electron chi connectivity index (χ2n) is 3.77. The molecule has 1 amide bonds. The zero-order valence-corrected chi connectivity index (χ0v) is 12.0. The molecule has 0 fully saturated rings. The van der Waals surface area contributed by atoms with Crippen molar-refractivity contribution in [3.8, 4) is 0 Å². The van der Waals surface area contributed by atoms with Gasteiger partial charge in [0, 0.05) is 6.20 Å². The number of carbonyl (C=O) groups is 1. The molecule has 0 unspecified atom stereocenters. The summed E-state index contributed by atoms with van der Waals surface area (Å²) in [5.41, 5.74) is 0.209. The number of halogens is 3.